The molecule has 50 heavy (non-hydrogen) atoms. The standard InChI is InChI=1S/C38H37F2N3O5S2/c1-5-47-37(44)14-9-26-7-6-8-27(21-26)25(2)42-19-17-34(41-42)32-23-30(10-12-33(32)39)48-29-11-13-35-28(22-29)16-20-43(35)50(45,46)38(3)18-15-31(49-4)24-36(38)40/h6-8,10-13,15-17,19-25H,5,9,14,18H2,1-4H3. The molecule has 0 N–H and O–H groups in total. The number of rotatable bonds is 12. The molecule has 1 aliphatic rings. The van der Waals surface area contributed by atoms with Crippen molar-refractivity contribution in [2.75, 3.05) is 12.9 Å². The molecule has 0 fully saturated rings. The quantitative estimate of drug-likeness (QED) is 0.119. The molecule has 0 bridgehead atoms. The number of halogens is 2. The maximum atomic E-state index is 15.2. The summed E-state index contributed by atoms with van der Waals surface area (Å²) in [6, 6.07) is 20.4. The summed E-state index contributed by atoms with van der Waals surface area (Å²) in [7, 11) is -4.16. The Bertz CT molecular complexity index is 2240. The van der Waals surface area contributed by atoms with E-state index in [1.54, 1.807) is 60.3 Å². The fraction of sp³-hybridized carbons (Fsp3) is 0.263. The molecule has 0 radical (unpaired) electrons. The number of thioether (sulfide) groups is 1. The van der Waals surface area contributed by atoms with Gasteiger partial charge in [-0.1, -0.05) is 30.3 Å². The second-order valence-corrected chi connectivity index (χ2v) is 15.4. The van der Waals surface area contributed by atoms with E-state index in [1.807, 2.05) is 37.4 Å². The van der Waals surface area contributed by atoms with Gasteiger partial charge in [0, 0.05) is 34.7 Å². The maximum Gasteiger partial charge on any atom is 0.306 e. The van der Waals surface area contributed by atoms with Crippen molar-refractivity contribution in [2.24, 2.45) is 0 Å². The van der Waals surface area contributed by atoms with Crippen LogP contribution < -0.4 is 4.74 Å². The monoisotopic (exact) mass is 717 g/mol. The summed E-state index contributed by atoms with van der Waals surface area (Å²) < 4.78 is 70.1. The van der Waals surface area contributed by atoms with Gasteiger partial charge in [-0.05, 0) is 106 Å². The lowest BCUT2D eigenvalue weighted by molar-refractivity contribution is -0.143. The van der Waals surface area contributed by atoms with Crippen LogP contribution >= 0.6 is 11.8 Å². The predicted octanol–water partition coefficient (Wildman–Crippen LogP) is 8.98. The molecule has 2 heterocycles. The van der Waals surface area contributed by atoms with Crippen molar-refractivity contribution >= 4 is 38.7 Å². The number of fused-ring (bicyclic) bond motifs is 1. The van der Waals surface area contributed by atoms with E-state index in [-0.39, 0.29) is 24.0 Å². The number of nitrogens with zero attached hydrogens (tertiary/aromatic N) is 3. The minimum absolute atomic E-state index is 0.0184. The molecular formula is C38H37F2N3O5S2. The Labute approximate surface area is 294 Å². The van der Waals surface area contributed by atoms with Gasteiger partial charge in [-0.25, -0.2) is 21.2 Å². The van der Waals surface area contributed by atoms with Gasteiger partial charge < -0.3 is 9.47 Å². The molecule has 2 atom stereocenters. The molecule has 1 aliphatic carbocycles. The molecule has 0 saturated heterocycles. The molecule has 12 heteroatoms. The summed E-state index contributed by atoms with van der Waals surface area (Å²) in [6.07, 6.45) is 8.92. The van der Waals surface area contributed by atoms with E-state index in [4.69, 9.17) is 9.47 Å². The summed E-state index contributed by atoms with van der Waals surface area (Å²) in [5, 5.41) is 5.25. The first-order chi connectivity index (χ1) is 23.9. The maximum absolute atomic E-state index is 15.2. The molecular weight excluding hydrogens is 681 g/mol. The van der Waals surface area contributed by atoms with Crippen LogP contribution in [0.4, 0.5) is 8.78 Å². The number of ether oxygens (including phenoxy) is 2. The number of hydrogen-bond donors (Lipinski definition) is 0. The Morgan fingerprint density at radius 3 is 2.58 bits per heavy atom. The first-order valence-corrected chi connectivity index (χ1v) is 18.9. The molecule has 5 aromatic rings. The van der Waals surface area contributed by atoms with Crippen molar-refractivity contribution < 1.29 is 31.5 Å². The van der Waals surface area contributed by atoms with E-state index in [0.717, 1.165) is 15.1 Å². The number of allylic oxidation sites excluding steroid dienone is 2. The molecule has 6 rings (SSSR count). The zero-order chi connectivity index (χ0) is 35.6. The van der Waals surface area contributed by atoms with Crippen LogP contribution in [0.2, 0.25) is 0 Å². The number of aromatic nitrogens is 3. The zero-order valence-corrected chi connectivity index (χ0v) is 29.7. The summed E-state index contributed by atoms with van der Waals surface area (Å²) in [6.45, 7) is 5.53. The highest BCUT2D eigenvalue weighted by Crippen LogP contribution is 2.41. The van der Waals surface area contributed by atoms with E-state index in [9.17, 15) is 13.2 Å². The van der Waals surface area contributed by atoms with Crippen molar-refractivity contribution in [1.82, 2.24) is 13.8 Å². The topological polar surface area (TPSA) is 92.4 Å². The van der Waals surface area contributed by atoms with Gasteiger partial charge in [0.25, 0.3) is 10.0 Å². The Morgan fingerprint density at radius 2 is 1.82 bits per heavy atom. The van der Waals surface area contributed by atoms with E-state index in [2.05, 4.69) is 5.10 Å². The summed E-state index contributed by atoms with van der Waals surface area (Å²) in [4.78, 5) is 12.5. The fourth-order valence-corrected chi connectivity index (χ4v) is 8.07. The number of benzene rings is 3. The van der Waals surface area contributed by atoms with Crippen LogP contribution in [0.3, 0.4) is 0 Å². The minimum Gasteiger partial charge on any atom is -0.466 e. The lowest BCUT2D eigenvalue weighted by Gasteiger charge is -2.30. The second kappa shape index (κ2) is 14.3. The molecule has 2 aromatic heterocycles. The summed E-state index contributed by atoms with van der Waals surface area (Å²) in [5.41, 5.74) is 3.06. The van der Waals surface area contributed by atoms with Crippen molar-refractivity contribution in [2.45, 2.75) is 50.8 Å². The first-order valence-electron chi connectivity index (χ1n) is 16.2. The van der Waals surface area contributed by atoms with Crippen LogP contribution in [0.5, 0.6) is 11.5 Å². The first kappa shape index (κ1) is 35.2. The molecule has 260 valence electrons. The number of carbonyl (C=O) groups is 1. The van der Waals surface area contributed by atoms with E-state index in [0.29, 0.717) is 52.4 Å². The van der Waals surface area contributed by atoms with Crippen molar-refractivity contribution in [1.29, 1.82) is 0 Å². The van der Waals surface area contributed by atoms with Crippen LogP contribution in [0.1, 0.15) is 50.8 Å². The van der Waals surface area contributed by atoms with Crippen molar-refractivity contribution in [3.05, 3.63) is 125 Å². The van der Waals surface area contributed by atoms with Gasteiger partial charge in [-0.15, -0.1) is 11.8 Å². The van der Waals surface area contributed by atoms with Gasteiger partial charge in [-0.2, -0.15) is 5.10 Å². The average molecular weight is 718 g/mol. The highest BCUT2D eigenvalue weighted by atomic mass is 32.2. The smallest absolute Gasteiger partial charge is 0.306 e. The molecule has 0 aliphatic heterocycles. The normalized spacial score (nSPS) is 16.9. The molecule has 0 saturated carbocycles. The molecule has 8 nitrogen and oxygen atoms in total. The molecule has 0 amide bonds. The van der Waals surface area contributed by atoms with Crippen LogP contribution in [0, 0.1) is 5.82 Å². The Morgan fingerprint density at radius 1 is 1.04 bits per heavy atom. The third-order valence-electron chi connectivity index (χ3n) is 8.97. The number of hydrogen-bond acceptors (Lipinski definition) is 7. The highest BCUT2D eigenvalue weighted by molar-refractivity contribution is 8.02. The average Bonchev–Trinajstić information content (AvgIpc) is 3.77. The zero-order valence-electron chi connectivity index (χ0n) is 28.1. The van der Waals surface area contributed by atoms with Gasteiger partial charge in [0.2, 0.25) is 0 Å². The van der Waals surface area contributed by atoms with Gasteiger partial charge in [-0.3, -0.25) is 9.48 Å². The minimum atomic E-state index is -4.16. The number of aryl methyl sites for hydroxylation is 1. The number of esters is 1. The Balaban J connectivity index is 1.19. The van der Waals surface area contributed by atoms with Crippen LogP contribution in [-0.4, -0.2) is 45.7 Å². The second-order valence-electron chi connectivity index (χ2n) is 12.2. The summed E-state index contributed by atoms with van der Waals surface area (Å²) >= 11 is 1.36. The van der Waals surface area contributed by atoms with Crippen molar-refractivity contribution in [3.8, 4) is 22.8 Å². The lowest BCUT2D eigenvalue weighted by atomic mass is 10.0. The van der Waals surface area contributed by atoms with E-state index < -0.39 is 26.4 Å². The molecule has 2 unspecified atom stereocenters. The largest absolute Gasteiger partial charge is 0.466 e. The Hall–Kier alpha value is -4.68. The highest BCUT2D eigenvalue weighted by Gasteiger charge is 2.46. The van der Waals surface area contributed by atoms with E-state index >= 15 is 8.78 Å². The predicted molar refractivity (Wildman–Crippen MR) is 193 cm³/mol. The van der Waals surface area contributed by atoms with Crippen molar-refractivity contribution in [3.63, 3.8) is 0 Å². The van der Waals surface area contributed by atoms with E-state index in [1.165, 1.54) is 43.1 Å². The fourth-order valence-electron chi connectivity index (χ4n) is 5.92. The van der Waals surface area contributed by atoms with Gasteiger partial charge >= 0.3 is 5.97 Å². The molecule has 3 aromatic carbocycles. The number of carbonyl (C=O) groups excluding carboxylic acids is 1. The van der Waals surface area contributed by atoms with Gasteiger partial charge in [0.05, 0.1) is 23.9 Å². The lowest BCUT2D eigenvalue weighted by Crippen LogP contribution is -2.40. The summed E-state index contributed by atoms with van der Waals surface area (Å²) in [5.74, 6) is -0.623. The Kier molecular flexibility index (Phi) is 10.0. The van der Waals surface area contributed by atoms with Crippen LogP contribution in [-0.2, 0) is 26.0 Å². The molecule has 0 spiro atoms. The van der Waals surface area contributed by atoms with Crippen LogP contribution in [0.25, 0.3) is 22.2 Å². The third kappa shape index (κ3) is 6.86. The SMILES string of the molecule is CCOC(=O)CCc1cccc(C(C)n2ccc(-c3cc(Oc4ccc5c(ccn5S(=O)(=O)C5(C)CC=C(SC)C=C5F)c4)ccc3F)n2)c1. The van der Waals surface area contributed by atoms with Gasteiger partial charge in [0.1, 0.15) is 27.9 Å². The third-order valence-corrected chi connectivity index (χ3v) is 12.1. The van der Waals surface area contributed by atoms with Gasteiger partial charge in [0.15, 0.2) is 0 Å². The van der Waals surface area contributed by atoms with Crippen LogP contribution in [0.15, 0.2) is 108 Å².